The first-order chi connectivity index (χ1) is 16.4. The number of nitrogens with zero attached hydrogens (tertiary/aromatic N) is 4. The van der Waals surface area contributed by atoms with E-state index in [2.05, 4.69) is 26.3 Å². The van der Waals surface area contributed by atoms with Crippen molar-refractivity contribution in [1.29, 1.82) is 10.7 Å². The molecule has 1 fully saturated rings. The zero-order valence-electron chi connectivity index (χ0n) is 19.1. The molecule has 1 aliphatic rings. The van der Waals surface area contributed by atoms with Gasteiger partial charge in [-0.1, -0.05) is 0 Å². The number of nitrogens with one attached hydrogen (secondary N) is 2. The highest BCUT2D eigenvalue weighted by Gasteiger charge is 2.18. The number of pyridine rings is 2. The van der Waals surface area contributed by atoms with Crippen molar-refractivity contribution in [3.05, 3.63) is 76.2 Å². The van der Waals surface area contributed by atoms with E-state index in [1.54, 1.807) is 44.3 Å². The number of carbonyl (C=O) groups is 1. The predicted molar refractivity (Wildman–Crippen MR) is 130 cm³/mol. The van der Waals surface area contributed by atoms with Crippen molar-refractivity contribution in [2.75, 3.05) is 42.3 Å². The summed E-state index contributed by atoms with van der Waals surface area (Å²) in [7, 11) is 0. The number of aromatic nitrogens is 2. The number of morpholine rings is 1. The van der Waals surface area contributed by atoms with Crippen molar-refractivity contribution in [1.82, 2.24) is 9.97 Å². The zero-order chi connectivity index (χ0) is 24.2. The molecule has 2 aromatic heterocycles. The summed E-state index contributed by atoms with van der Waals surface area (Å²) < 4.78 is 5.40. The smallest absolute Gasteiger partial charge is 0.274 e. The maximum absolute atomic E-state index is 12.9. The molecule has 0 radical (unpaired) electrons. The third-order valence-electron chi connectivity index (χ3n) is 5.93. The number of hydrogen-bond donors (Lipinski definition) is 3. The fraction of sp³-hybridized carbons (Fsp3) is 0.240. The monoisotopic (exact) mass is 455 g/mol. The second kappa shape index (κ2) is 9.68. The number of nitrogens with two attached hydrogens (primary N) is 1. The molecule has 1 amide bonds. The number of nitrogen functional groups attached to an aromatic ring is 1. The van der Waals surface area contributed by atoms with Crippen LogP contribution in [-0.2, 0) is 4.74 Å². The molecular weight excluding hydrogens is 430 g/mol. The predicted octanol–water partition coefficient (Wildman–Crippen LogP) is 3.05. The molecule has 0 atom stereocenters. The van der Waals surface area contributed by atoms with Gasteiger partial charge in [-0.15, -0.1) is 0 Å². The van der Waals surface area contributed by atoms with Crippen LogP contribution in [0.5, 0.6) is 0 Å². The highest BCUT2D eigenvalue weighted by molar-refractivity contribution is 6.15. The van der Waals surface area contributed by atoms with Crippen LogP contribution in [0, 0.1) is 30.6 Å². The van der Waals surface area contributed by atoms with Gasteiger partial charge in [0.15, 0.2) is 0 Å². The van der Waals surface area contributed by atoms with Gasteiger partial charge >= 0.3 is 0 Å². The van der Waals surface area contributed by atoms with Crippen molar-refractivity contribution in [3.63, 3.8) is 0 Å². The molecule has 1 aromatic carbocycles. The molecule has 9 nitrogen and oxygen atoms in total. The van der Waals surface area contributed by atoms with Crippen LogP contribution in [0.1, 0.15) is 38.3 Å². The van der Waals surface area contributed by atoms with Crippen LogP contribution in [0.2, 0.25) is 0 Å². The molecule has 0 unspecified atom stereocenters. The number of hydrogen-bond acceptors (Lipinski definition) is 8. The van der Waals surface area contributed by atoms with E-state index in [4.69, 9.17) is 21.1 Å². The van der Waals surface area contributed by atoms with Crippen molar-refractivity contribution in [2.45, 2.75) is 13.8 Å². The summed E-state index contributed by atoms with van der Waals surface area (Å²) in [5.74, 6) is 0.386. The van der Waals surface area contributed by atoms with Gasteiger partial charge in [-0.3, -0.25) is 10.2 Å². The Balaban J connectivity index is 1.58. The van der Waals surface area contributed by atoms with Gasteiger partial charge in [0, 0.05) is 48.0 Å². The largest absolute Gasteiger partial charge is 0.398 e. The van der Waals surface area contributed by atoms with Crippen LogP contribution >= 0.6 is 0 Å². The van der Waals surface area contributed by atoms with Crippen LogP contribution in [0.25, 0.3) is 0 Å². The quantitative estimate of drug-likeness (QED) is 0.396. The molecular formula is C25H25N7O2. The molecule has 0 saturated carbocycles. The van der Waals surface area contributed by atoms with E-state index in [1.807, 2.05) is 6.07 Å². The number of anilines is 3. The van der Waals surface area contributed by atoms with Crippen molar-refractivity contribution in [3.8, 4) is 6.07 Å². The van der Waals surface area contributed by atoms with E-state index in [1.165, 1.54) is 6.20 Å². The normalized spacial score (nSPS) is 13.3. The zero-order valence-corrected chi connectivity index (χ0v) is 19.1. The summed E-state index contributed by atoms with van der Waals surface area (Å²) in [6, 6.07) is 10.7. The van der Waals surface area contributed by atoms with Gasteiger partial charge in [-0.05, 0) is 55.3 Å². The molecule has 3 aromatic rings. The van der Waals surface area contributed by atoms with Gasteiger partial charge in [-0.25, -0.2) is 9.97 Å². The van der Waals surface area contributed by atoms with E-state index < -0.39 is 5.91 Å². The van der Waals surface area contributed by atoms with Gasteiger partial charge in [0.1, 0.15) is 17.6 Å². The van der Waals surface area contributed by atoms with Crippen LogP contribution in [-0.4, -0.2) is 47.9 Å². The number of benzene rings is 1. The Labute approximate surface area is 197 Å². The fourth-order valence-electron chi connectivity index (χ4n) is 3.78. The van der Waals surface area contributed by atoms with E-state index in [0.29, 0.717) is 46.8 Å². The summed E-state index contributed by atoms with van der Waals surface area (Å²) in [5.41, 5.74) is 10.6. The minimum Gasteiger partial charge on any atom is -0.398 e. The fourth-order valence-corrected chi connectivity index (χ4v) is 3.78. The first-order valence-electron chi connectivity index (χ1n) is 10.8. The first-order valence-corrected chi connectivity index (χ1v) is 10.8. The molecule has 1 aliphatic heterocycles. The lowest BCUT2D eigenvalue weighted by atomic mass is 10.0. The van der Waals surface area contributed by atoms with E-state index in [-0.39, 0.29) is 11.4 Å². The molecule has 3 heterocycles. The highest BCUT2D eigenvalue weighted by Crippen LogP contribution is 2.24. The standard InChI is InChI=1S/C25H25N7O2/c1-15-16(2)24(30-14-18(15)13-26)25(33)31-19-3-4-21(27)20(12-19)23(28)17-5-6-29-22(11-17)32-7-9-34-10-8-32/h3-6,11-12,14,28H,7-10,27H2,1-2H3,(H,31,33). The summed E-state index contributed by atoms with van der Waals surface area (Å²) in [6.07, 6.45) is 3.08. The number of ether oxygens (including phenoxy) is 1. The molecule has 172 valence electrons. The third kappa shape index (κ3) is 4.58. The minimum absolute atomic E-state index is 0.231. The molecule has 9 heteroatoms. The summed E-state index contributed by atoms with van der Waals surface area (Å²) in [6.45, 7) is 6.33. The van der Waals surface area contributed by atoms with Crippen molar-refractivity contribution < 1.29 is 9.53 Å². The molecule has 4 N–H and O–H groups in total. The lowest BCUT2D eigenvalue weighted by Gasteiger charge is -2.28. The molecule has 0 spiro atoms. The Kier molecular flexibility index (Phi) is 6.52. The molecule has 0 aliphatic carbocycles. The molecule has 34 heavy (non-hydrogen) atoms. The molecule has 1 saturated heterocycles. The average molecular weight is 456 g/mol. The van der Waals surface area contributed by atoms with Crippen LogP contribution < -0.4 is 16.0 Å². The first kappa shape index (κ1) is 22.9. The molecule has 4 rings (SSSR count). The van der Waals surface area contributed by atoms with Crippen LogP contribution in [0.3, 0.4) is 0 Å². The second-order valence-electron chi connectivity index (χ2n) is 8.02. The Morgan fingerprint density at radius 3 is 2.68 bits per heavy atom. The number of rotatable bonds is 5. The Morgan fingerprint density at radius 1 is 1.18 bits per heavy atom. The minimum atomic E-state index is -0.397. The topological polar surface area (TPSA) is 141 Å². The van der Waals surface area contributed by atoms with Gasteiger partial charge in [0.05, 0.1) is 24.5 Å². The third-order valence-corrected chi connectivity index (χ3v) is 5.93. The highest BCUT2D eigenvalue weighted by atomic mass is 16.5. The van der Waals surface area contributed by atoms with E-state index in [9.17, 15) is 4.79 Å². The van der Waals surface area contributed by atoms with Gasteiger partial charge in [-0.2, -0.15) is 5.26 Å². The van der Waals surface area contributed by atoms with Gasteiger partial charge in [0.25, 0.3) is 5.91 Å². The summed E-state index contributed by atoms with van der Waals surface area (Å²) in [4.78, 5) is 23.6. The Morgan fingerprint density at radius 2 is 1.94 bits per heavy atom. The van der Waals surface area contributed by atoms with Crippen LogP contribution in [0.4, 0.5) is 17.2 Å². The molecule has 0 bridgehead atoms. The SMILES string of the molecule is Cc1c(C#N)cnc(C(=O)Nc2ccc(N)c(C(=N)c3ccnc(N4CCOCC4)c3)c2)c1C. The number of nitriles is 1. The van der Waals surface area contributed by atoms with E-state index in [0.717, 1.165) is 24.5 Å². The van der Waals surface area contributed by atoms with Crippen LogP contribution in [0.15, 0.2) is 42.7 Å². The Bertz CT molecular complexity index is 1310. The summed E-state index contributed by atoms with van der Waals surface area (Å²) >= 11 is 0. The lowest BCUT2D eigenvalue weighted by Crippen LogP contribution is -2.36. The number of amides is 1. The summed E-state index contributed by atoms with van der Waals surface area (Å²) in [5, 5.41) is 20.8. The van der Waals surface area contributed by atoms with Gasteiger partial charge < -0.3 is 20.7 Å². The maximum atomic E-state index is 12.9. The lowest BCUT2D eigenvalue weighted by molar-refractivity contribution is 0.102. The van der Waals surface area contributed by atoms with Crippen molar-refractivity contribution >= 4 is 28.8 Å². The van der Waals surface area contributed by atoms with E-state index >= 15 is 0 Å². The Hall–Kier alpha value is -4.29. The number of carbonyl (C=O) groups excluding carboxylic acids is 1. The van der Waals surface area contributed by atoms with Crippen molar-refractivity contribution in [2.24, 2.45) is 0 Å². The average Bonchev–Trinajstić information content (AvgIpc) is 2.87. The second-order valence-corrected chi connectivity index (χ2v) is 8.02. The maximum Gasteiger partial charge on any atom is 0.274 e. The van der Waals surface area contributed by atoms with Gasteiger partial charge in [0.2, 0.25) is 0 Å².